The lowest BCUT2D eigenvalue weighted by atomic mass is 9.83. The normalized spacial score (nSPS) is 15.7. The Balaban J connectivity index is 1.75. The average Bonchev–Trinajstić information content (AvgIpc) is 2.65. The van der Waals surface area contributed by atoms with Crippen molar-refractivity contribution in [2.45, 2.75) is 64.4 Å². The van der Waals surface area contributed by atoms with Gasteiger partial charge in [0.1, 0.15) is 17.7 Å². The van der Waals surface area contributed by atoms with Gasteiger partial charge in [-0.3, -0.25) is 0 Å². The molecule has 1 heterocycles. The molecule has 4 nitrogen and oxygen atoms in total. The molecule has 4 heteroatoms. The van der Waals surface area contributed by atoms with Crippen molar-refractivity contribution in [1.82, 2.24) is 9.97 Å². The first kappa shape index (κ1) is 18.4. The first-order valence-electron chi connectivity index (χ1n) is 9.44. The van der Waals surface area contributed by atoms with Crippen molar-refractivity contribution in [1.29, 1.82) is 0 Å². The molecule has 0 spiro atoms. The fraction of sp³-hybridized carbons (Fsp3) is 0.455. The van der Waals surface area contributed by atoms with Crippen LogP contribution < -0.4 is 10.5 Å². The lowest BCUT2D eigenvalue weighted by Crippen LogP contribution is -2.30. The van der Waals surface area contributed by atoms with Crippen LogP contribution in [0.3, 0.4) is 0 Å². The molecule has 138 valence electrons. The highest BCUT2D eigenvalue weighted by atomic mass is 16.5. The summed E-state index contributed by atoms with van der Waals surface area (Å²) in [5, 5.41) is 0. The Labute approximate surface area is 156 Å². The zero-order valence-corrected chi connectivity index (χ0v) is 16.1. The number of ether oxygens (including phenoxy) is 1. The molecule has 1 saturated carbocycles. The van der Waals surface area contributed by atoms with Gasteiger partial charge in [0, 0.05) is 0 Å². The predicted molar refractivity (Wildman–Crippen MR) is 107 cm³/mol. The molecule has 0 aliphatic heterocycles. The summed E-state index contributed by atoms with van der Waals surface area (Å²) in [4.78, 5) is 8.21. The van der Waals surface area contributed by atoms with Crippen molar-refractivity contribution in [2.24, 2.45) is 0 Å². The highest BCUT2D eigenvalue weighted by Gasteiger charge is 2.27. The van der Waals surface area contributed by atoms with Gasteiger partial charge in [0.15, 0.2) is 0 Å². The topological polar surface area (TPSA) is 61.0 Å². The summed E-state index contributed by atoms with van der Waals surface area (Å²) in [5.41, 5.74) is 9.47. The van der Waals surface area contributed by atoms with Gasteiger partial charge in [0.25, 0.3) is 0 Å². The molecule has 2 aromatic rings. The van der Waals surface area contributed by atoms with Gasteiger partial charge in [-0.05, 0) is 56.2 Å². The highest BCUT2D eigenvalue weighted by Crippen LogP contribution is 2.35. The lowest BCUT2D eigenvalue weighted by Gasteiger charge is -2.29. The molecule has 0 unspecified atom stereocenters. The Morgan fingerprint density at radius 1 is 1.12 bits per heavy atom. The fourth-order valence-corrected chi connectivity index (χ4v) is 3.59. The molecule has 1 aromatic carbocycles. The van der Waals surface area contributed by atoms with Crippen molar-refractivity contribution >= 4 is 11.4 Å². The molecule has 0 bridgehead atoms. The minimum absolute atomic E-state index is 0.438. The number of nitrogen functional groups attached to an aromatic ring is 1. The van der Waals surface area contributed by atoms with Crippen molar-refractivity contribution in [3.63, 3.8) is 0 Å². The predicted octanol–water partition coefficient (Wildman–Crippen LogP) is 5.29. The molecule has 0 radical (unpaired) electrons. The summed E-state index contributed by atoms with van der Waals surface area (Å²) in [7, 11) is 0. The van der Waals surface area contributed by atoms with E-state index in [2.05, 4.69) is 40.8 Å². The van der Waals surface area contributed by atoms with E-state index in [0.29, 0.717) is 17.6 Å². The smallest absolute Gasteiger partial charge is 0.222 e. The van der Waals surface area contributed by atoms with Crippen LogP contribution in [0.5, 0.6) is 5.88 Å². The van der Waals surface area contributed by atoms with Crippen LogP contribution in [0, 0.1) is 6.92 Å². The van der Waals surface area contributed by atoms with Crippen molar-refractivity contribution in [3.8, 4) is 5.88 Å². The fourth-order valence-electron chi connectivity index (χ4n) is 3.59. The number of aromatic nitrogens is 2. The van der Waals surface area contributed by atoms with Crippen LogP contribution in [-0.2, 0) is 0 Å². The van der Waals surface area contributed by atoms with Gasteiger partial charge in [-0.1, -0.05) is 50.1 Å². The van der Waals surface area contributed by atoms with Gasteiger partial charge in [-0.25, -0.2) is 9.97 Å². The van der Waals surface area contributed by atoms with Gasteiger partial charge in [0.05, 0.1) is 5.56 Å². The zero-order valence-electron chi connectivity index (χ0n) is 16.1. The van der Waals surface area contributed by atoms with Crippen LogP contribution in [0.25, 0.3) is 5.57 Å². The van der Waals surface area contributed by atoms with Crippen LogP contribution in [0.4, 0.5) is 5.82 Å². The summed E-state index contributed by atoms with van der Waals surface area (Å²) in [6, 6.07) is 8.83. The number of nitrogens with zero attached hydrogens (tertiary/aromatic N) is 2. The molecule has 2 N–H and O–H groups in total. The van der Waals surface area contributed by atoms with Gasteiger partial charge < -0.3 is 10.5 Å². The van der Waals surface area contributed by atoms with Crippen molar-refractivity contribution in [2.75, 3.05) is 5.73 Å². The van der Waals surface area contributed by atoms with E-state index in [4.69, 9.17) is 10.5 Å². The number of nitrogens with two attached hydrogens (primary N) is 1. The first-order valence-corrected chi connectivity index (χ1v) is 9.44. The van der Waals surface area contributed by atoms with Crippen molar-refractivity contribution < 1.29 is 4.74 Å². The number of anilines is 1. The maximum Gasteiger partial charge on any atom is 0.222 e. The number of rotatable bonds is 5. The second kappa shape index (κ2) is 7.48. The lowest BCUT2D eigenvalue weighted by molar-refractivity contribution is 0.163. The number of hydrogen-bond acceptors (Lipinski definition) is 4. The maximum absolute atomic E-state index is 6.15. The quantitative estimate of drug-likeness (QED) is 0.795. The first-order chi connectivity index (χ1) is 12.4. The third-order valence-corrected chi connectivity index (χ3v) is 5.49. The zero-order chi connectivity index (χ0) is 18.7. The SMILES string of the molecule is C=C(c1ccc(C2CCCCC2)cc1)C(C)(C)Oc1ncnc(N)c1C. The molecular weight excluding hydrogens is 322 g/mol. The highest BCUT2D eigenvalue weighted by molar-refractivity contribution is 5.70. The average molecular weight is 351 g/mol. The molecule has 1 aliphatic rings. The van der Waals surface area contributed by atoms with E-state index >= 15 is 0 Å². The third kappa shape index (κ3) is 3.90. The molecule has 26 heavy (non-hydrogen) atoms. The summed E-state index contributed by atoms with van der Waals surface area (Å²) in [6.45, 7) is 10.2. The third-order valence-electron chi connectivity index (χ3n) is 5.49. The van der Waals surface area contributed by atoms with Gasteiger partial charge in [-0.15, -0.1) is 0 Å². The Kier molecular flexibility index (Phi) is 5.30. The Hall–Kier alpha value is -2.36. The van der Waals surface area contributed by atoms with Crippen LogP contribution in [-0.4, -0.2) is 15.6 Å². The van der Waals surface area contributed by atoms with E-state index in [9.17, 15) is 0 Å². The summed E-state index contributed by atoms with van der Waals surface area (Å²) in [5.74, 6) is 1.65. The monoisotopic (exact) mass is 351 g/mol. The minimum Gasteiger partial charge on any atom is -0.466 e. The number of hydrogen-bond donors (Lipinski definition) is 1. The molecule has 1 aromatic heterocycles. The maximum atomic E-state index is 6.15. The Morgan fingerprint density at radius 3 is 2.42 bits per heavy atom. The summed E-state index contributed by atoms with van der Waals surface area (Å²) < 4.78 is 6.15. The van der Waals surface area contributed by atoms with E-state index in [1.807, 2.05) is 20.8 Å². The van der Waals surface area contributed by atoms with Gasteiger partial charge in [-0.2, -0.15) is 0 Å². The largest absolute Gasteiger partial charge is 0.466 e. The molecule has 0 atom stereocenters. The second-order valence-electron chi connectivity index (χ2n) is 7.74. The molecule has 1 fully saturated rings. The summed E-state index contributed by atoms with van der Waals surface area (Å²) >= 11 is 0. The Bertz CT molecular complexity index is 774. The molecule has 0 amide bonds. The molecular formula is C22H29N3O. The summed E-state index contributed by atoms with van der Waals surface area (Å²) in [6.07, 6.45) is 8.12. The van der Waals surface area contributed by atoms with E-state index in [-0.39, 0.29) is 0 Å². The van der Waals surface area contributed by atoms with Crippen LogP contribution in [0.1, 0.15) is 68.6 Å². The van der Waals surface area contributed by atoms with Crippen LogP contribution >= 0.6 is 0 Å². The standard InChI is InChI=1S/C22H29N3O/c1-15-20(23)24-14-25-21(15)26-22(3,4)16(2)17-10-12-19(13-11-17)18-8-6-5-7-9-18/h10-14,18H,2,5-9H2,1,3-4H3,(H2,23,24,25). The van der Waals surface area contributed by atoms with Crippen LogP contribution in [0.2, 0.25) is 0 Å². The second-order valence-corrected chi connectivity index (χ2v) is 7.74. The van der Waals surface area contributed by atoms with E-state index < -0.39 is 5.60 Å². The van der Waals surface area contributed by atoms with E-state index in [0.717, 1.165) is 16.7 Å². The minimum atomic E-state index is -0.599. The molecule has 0 saturated heterocycles. The van der Waals surface area contributed by atoms with E-state index in [1.54, 1.807) is 0 Å². The van der Waals surface area contributed by atoms with Gasteiger partial charge in [0.2, 0.25) is 5.88 Å². The van der Waals surface area contributed by atoms with Crippen molar-refractivity contribution in [3.05, 3.63) is 53.9 Å². The van der Waals surface area contributed by atoms with E-state index in [1.165, 1.54) is 44.0 Å². The van der Waals surface area contributed by atoms with Gasteiger partial charge >= 0.3 is 0 Å². The number of benzene rings is 1. The van der Waals surface area contributed by atoms with Crippen LogP contribution in [0.15, 0.2) is 37.2 Å². The molecule has 1 aliphatic carbocycles. The molecule has 3 rings (SSSR count). The Morgan fingerprint density at radius 2 is 1.77 bits per heavy atom.